The fourth-order valence-electron chi connectivity index (χ4n) is 2.42. The average Bonchev–Trinajstić information content (AvgIpc) is 2.39. The number of piperidine rings is 1. The Morgan fingerprint density at radius 3 is 2.41 bits per heavy atom. The van der Waals surface area contributed by atoms with Crippen LogP contribution in [0.25, 0.3) is 0 Å². The van der Waals surface area contributed by atoms with Crippen LogP contribution >= 0.6 is 0 Å². The molecule has 22 heavy (non-hydrogen) atoms. The monoisotopic (exact) mass is 329 g/mol. The van der Waals surface area contributed by atoms with Crippen molar-refractivity contribution in [1.82, 2.24) is 15.5 Å². The van der Waals surface area contributed by atoms with Gasteiger partial charge in [-0.3, -0.25) is 9.11 Å². The van der Waals surface area contributed by atoms with E-state index in [2.05, 4.69) is 22.1 Å². The number of nitrogens with zero attached hydrogens (tertiary/aromatic N) is 1. The Morgan fingerprint density at radius 2 is 1.91 bits per heavy atom. The largest absolute Gasteiger partial charge is 0.337 e. The van der Waals surface area contributed by atoms with Crippen LogP contribution in [0.2, 0.25) is 0 Å². The van der Waals surface area contributed by atoms with Crippen LogP contribution in [0.4, 0.5) is 4.79 Å². The molecule has 0 aromatic rings. The van der Waals surface area contributed by atoms with Crippen LogP contribution in [-0.2, 0) is 10.8 Å². The van der Waals surface area contributed by atoms with Gasteiger partial charge in [-0.25, -0.2) is 4.79 Å². The summed E-state index contributed by atoms with van der Waals surface area (Å²) in [7, 11) is -0.928. The summed E-state index contributed by atoms with van der Waals surface area (Å²) in [4.78, 5) is 14.2. The van der Waals surface area contributed by atoms with Gasteiger partial charge >= 0.3 is 6.03 Å². The third kappa shape index (κ3) is 7.40. The zero-order valence-corrected chi connectivity index (χ0v) is 15.2. The van der Waals surface area contributed by atoms with Gasteiger partial charge in [0, 0.05) is 53.5 Å². The van der Waals surface area contributed by atoms with E-state index in [9.17, 15) is 9.00 Å². The van der Waals surface area contributed by atoms with Gasteiger partial charge in [-0.05, 0) is 40.5 Å². The number of likely N-dealkylation sites (tertiary alicyclic amines) is 1. The van der Waals surface area contributed by atoms with Crippen molar-refractivity contribution >= 4 is 16.8 Å². The van der Waals surface area contributed by atoms with Crippen LogP contribution in [0.15, 0.2) is 12.2 Å². The van der Waals surface area contributed by atoms with Crippen molar-refractivity contribution in [3.05, 3.63) is 12.2 Å². The van der Waals surface area contributed by atoms with Gasteiger partial charge in [-0.1, -0.05) is 12.2 Å². The minimum atomic E-state index is -0.928. The standard InChI is InChI=1S/C16H31N3O2S/c1-13(2)12-19-9-6-14(7-10-19)18-15(20)17-8-11-22(21)16(3,4)5/h14H,1,6-12H2,2-5H3,(H2,17,18,20)/t22-/m0/s1. The van der Waals surface area contributed by atoms with E-state index in [-0.39, 0.29) is 16.8 Å². The number of urea groups is 1. The molecule has 0 unspecified atom stereocenters. The second-order valence-electron chi connectivity index (χ2n) is 7.07. The van der Waals surface area contributed by atoms with Gasteiger partial charge in [0.1, 0.15) is 0 Å². The first-order chi connectivity index (χ1) is 10.2. The zero-order valence-electron chi connectivity index (χ0n) is 14.4. The topological polar surface area (TPSA) is 61.4 Å². The molecule has 6 heteroatoms. The zero-order chi connectivity index (χ0) is 16.8. The number of hydrogen-bond acceptors (Lipinski definition) is 3. The second-order valence-corrected chi connectivity index (χ2v) is 9.39. The van der Waals surface area contributed by atoms with E-state index in [1.165, 1.54) is 5.57 Å². The summed E-state index contributed by atoms with van der Waals surface area (Å²) < 4.78 is 11.7. The highest BCUT2D eigenvalue weighted by atomic mass is 32.2. The molecule has 2 amide bonds. The maximum Gasteiger partial charge on any atom is 0.315 e. The SMILES string of the molecule is C=C(C)CN1CCC(NC(=O)NCC[S@](=O)C(C)(C)C)CC1. The summed E-state index contributed by atoms with van der Waals surface area (Å²) in [5, 5.41) is 5.81. The number of hydrogen-bond donors (Lipinski definition) is 2. The van der Waals surface area contributed by atoms with Crippen molar-refractivity contribution in [2.24, 2.45) is 0 Å². The van der Waals surface area contributed by atoms with Gasteiger partial charge in [0.05, 0.1) is 0 Å². The smallest absolute Gasteiger partial charge is 0.315 e. The molecule has 0 aliphatic carbocycles. The third-order valence-electron chi connectivity index (χ3n) is 3.67. The van der Waals surface area contributed by atoms with E-state index < -0.39 is 10.8 Å². The molecule has 0 bridgehead atoms. The molecular formula is C16H31N3O2S. The molecule has 2 N–H and O–H groups in total. The predicted octanol–water partition coefficient (Wildman–Crippen LogP) is 1.87. The molecule has 1 fully saturated rings. The summed E-state index contributed by atoms with van der Waals surface area (Å²) in [6.45, 7) is 15.2. The maximum atomic E-state index is 11.9. The van der Waals surface area contributed by atoms with Crippen molar-refractivity contribution in [2.75, 3.05) is 31.9 Å². The fraction of sp³-hybridized carbons (Fsp3) is 0.812. The second kappa shape index (κ2) is 8.67. The molecule has 5 nitrogen and oxygen atoms in total. The predicted molar refractivity (Wildman–Crippen MR) is 93.6 cm³/mol. The fourth-order valence-corrected chi connectivity index (χ4v) is 3.32. The molecule has 1 saturated heterocycles. The summed E-state index contributed by atoms with van der Waals surface area (Å²) >= 11 is 0. The van der Waals surface area contributed by atoms with Crippen molar-refractivity contribution in [3.63, 3.8) is 0 Å². The third-order valence-corrected chi connectivity index (χ3v) is 5.61. The Morgan fingerprint density at radius 1 is 1.32 bits per heavy atom. The van der Waals surface area contributed by atoms with Gasteiger partial charge in [0.15, 0.2) is 0 Å². The van der Waals surface area contributed by atoms with Crippen LogP contribution in [0.3, 0.4) is 0 Å². The lowest BCUT2D eigenvalue weighted by molar-refractivity contribution is 0.202. The van der Waals surface area contributed by atoms with E-state index in [4.69, 9.17) is 0 Å². The molecule has 1 aliphatic rings. The van der Waals surface area contributed by atoms with E-state index in [1.54, 1.807) is 0 Å². The molecule has 1 rings (SSSR count). The molecule has 0 aromatic carbocycles. The Hall–Kier alpha value is -0.880. The van der Waals surface area contributed by atoms with Crippen LogP contribution in [0.1, 0.15) is 40.5 Å². The Bertz CT molecular complexity index is 410. The van der Waals surface area contributed by atoms with Gasteiger partial charge in [0.25, 0.3) is 0 Å². The van der Waals surface area contributed by atoms with Crippen molar-refractivity contribution in [2.45, 2.75) is 51.3 Å². The highest BCUT2D eigenvalue weighted by Gasteiger charge is 2.21. The normalized spacial score (nSPS) is 18.7. The first-order valence-electron chi connectivity index (χ1n) is 7.98. The molecule has 1 atom stereocenters. The van der Waals surface area contributed by atoms with Crippen LogP contribution < -0.4 is 10.6 Å². The minimum Gasteiger partial charge on any atom is -0.337 e. The summed E-state index contributed by atoms with van der Waals surface area (Å²) in [6.07, 6.45) is 1.93. The number of carbonyl (C=O) groups excluding carboxylic acids is 1. The average molecular weight is 330 g/mol. The number of carbonyl (C=O) groups is 1. The first-order valence-corrected chi connectivity index (χ1v) is 9.30. The highest BCUT2D eigenvalue weighted by molar-refractivity contribution is 7.86. The van der Waals surface area contributed by atoms with E-state index in [1.807, 2.05) is 27.7 Å². The van der Waals surface area contributed by atoms with Gasteiger partial charge < -0.3 is 10.6 Å². The number of nitrogens with one attached hydrogen (secondary N) is 2. The lowest BCUT2D eigenvalue weighted by Gasteiger charge is -2.32. The lowest BCUT2D eigenvalue weighted by atomic mass is 10.0. The van der Waals surface area contributed by atoms with Crippen molar-refractivity contribution < 1.29 is 9.00 Å². The van der Waals surface area contributed by atoms with Gasteiger partial charge in [-0.2, -0.15) is 0 Å². The van der Waals surface area contributed by atoms with Crippen LogP contribution in [-0.4, -0.2) is 57.9 Å². The first kappa shape index (κ1) is 19.2. The Balaban J connectivity index is 2.19. The van der Waals surface area contributed by atoms with Crippen LogP contribution in [0.5, 0.6) is 0 Å². The van der Waals surface area contributed by atoms with Gasteiger partial charge in [-0.15, -0.1) is 0 Å². The molecule has 0 aromatic heterocycles. The summed E-state index contributed by atoms with van der Waals surface area (Å²) in [6, 6.07) is 0.0822. The molecule has 128 valence electrons. The lowest BCUT2D eigenvalue weighted by Crippen LogP contribution is -2.48. The Kier molecular flexibility index (Phi) is 7.56. The van der Waals surface area contributed by atoms with Crippen molar-refractivity contribution in [3.8, 4) is 0 Å². The quantitative estimate of drug-likeness (QED) is 0.731. The molecule has 0 spiro atoms. The van der Waals surface area contributed by atoms with E-state index in [0.717, 1.165) is 32.5 Å². The maximum absolute atomic E-state index is 11.9. The summed E-state index contributed by atoms with van der Waals surface area (Å²) in [5.41, 5.74) is 1.18. The summed E-state index contributed by atoms with van der Waals surface area (Å²) in [5.74, 6) is 0.494. The molecule has 0 radical (unpaired) electrons. The number of amides is 2. The molecule has 0 saturated carbocycles. The number of rotatable bonds is 6. The molecule has 1 aliphatic heterocycles. The molecular weight excluding hydrogens is 298 g/mol. The van der Waals surface area contributed by atoms with Crippen molar-refractivity contribution in [1.29, 1.82) is 0 Å². The van der Waals surface area contributed by atoms with Crippen LogP contribution in [0, 0.1) is 0 Å². The minimum absolute atomic E-state index is 0.149. The molecule has 1 heterocycles. The van der Waals surface area contributed by atoms with E-state index >= 15 is 0 Å². The van der Waals surface area contributed by atoms with Gasteiger partial charge in [0.2, 0.25) is 0 Å². The highest BCUT2D eigenvalue weighted by Crippen LogP contribution is 2.12. The Labute approximate surface area is 137 Å². The van der Waals surface area contributed by atoms with E-state index in [0.29, 0.717) is 12.3 Å².